The van der Waals surface area contributed by atoms with Crippen molar-refractivity contribution >= 4 is 5.97 Å². The zero-order valence-corrected chi connectivity index (χ0v) is 12.2. The maximum Gasteiger partial charge on any atom is 0.302 e. The number of hydrogen-bond donors (Lipinski definition) is 0. The smallest absolute Gasteiger partial charge is 0.302 e. The molecule has 2 saturated heterocycles. The van der Waals surface area contributed by atoms with Gasteiger partial charge in [0.15, 0.2) is 0 Å². The zero-order chi connectivity index (χ0) is 14.3. The molecule has 112 valence electrons. The van der Waals surface area contributed by atoms with E-state index in [1.807, 2.05) is 0 Å². The normalized spacial score (nSPS) is 40.6. The fraction of sp³-hybridized carbons (Fsp3) is 0.800. The first-order valence-electron chi connectivity index (χ1n) is 7.15. The van der Waals surface area contributed by atoms with Gasteiger partial charge in [-0.2, -0.15) is 0 Å². The highest BCUT2D eigenvalue weighted by Crippen LogP contribution is 2.66. The Hall–Kier alpha value is -0.910. The molecule has 3 rings (SSSR count). The summed E-state index contributed by atoms with van der Waals surface area (Å²) in [7, 11) is 3.47. The lowest BCUT2D eigenvalue weighted by Crippen LogP contribution is -2.34. The molecule has 0 radical (unpaired) electrons. The van der Waals surface area contributed by atoms with E-state index in [1.165, 1.54) is 12.5 Å². The van der Waals surface area contributed by atoms with E-state index in [0.29, 0.717) is 30.3 Å². The summed E-state index contributed by atoms with van der Waals surface area (Å²) in [6.45, 7) is 3.24. The Labute approximate surface area is 119 Å². The molecule has 3 aliphatic rings. The van der Waals surface area contributed by atoms with Gasteiger partial charge in [0.25, 0.3) is 0 Å². The van der Waals surface area contributed by atoms with E-state index < -0.39 is 0 Å². The molecule has 1 saturated carbocycles. The molecule has 1 aliphatic carbocycles. The molecule has 5 nitrogen and oxygen atoms in total. The molecular weight excluding hydrogens is 260 g/mol. The number of carbonyl (C=O) groups excluding carboxylic acids is 1. The Morgan fingerprint density at radius 3 is 2.15 bits per heavy atom. The molecule has 0 N–H and O–H groups in total. The van der Waals surface area contributed by atoms with Crippen LogP contribution < -0.4 is 0 Å². The van der Waals surface area contributed by atoms with Crippen LogP contribution in [0.15, 0.2) is 11.6 Å². The van der Waals surface area contributed by atoms with E-state index in [4.69, 9.17) is 18.9 Å². The van der Waals surface area contributed by atoms with Crippen LogP contribution in [0.25, 0.3) is 0 Å². The Morgan fingerprint density at radius 2 is 1.70 bits per heavy atom. The third kappa shape index (κ3) is 2.18. The molecule has 0 amide bonds. The molecule has 2 bridgehead atoms. The third-order valence-electron chi connectivity index (χ3n) is 4.79. The molecule has 20 heavy (non-hydrogen) atoms. The van der Waals surface area contributed by atoms with Crippen LogP contribution in [0.2, 0.25) is 0 Å². The number of fused-ring (bicyclic) bond motifs is 5. The third-order valence-corrected chi connectivity index (χ3v) is 4.79. The Balaban J connectivity index is 1.67. The van der Waals surface area contributed by atoms with Gasteiger partial charge < -0.3 is 18.9 Å². The van der Waals surface area contributed by atoms with Crippen molar-refractivity contribution in [3.8, 4) is 0 Å². The highest BCUT2D eigenvalue weighted by molar-refractivity contribution is 5.66. The molecule has 0 spiro atoms. The lowest BCUT2D eigenvalue weighted by atomic mass is 9.80. The molecule has 0 aromatic carbocycles. The number of rotatable bonds is 6. The van der Waals surface area contributed by atoms with Crippen LogP contribution >= 0.6 is 0 Å². The molecule has 6 atom stereocenters. The first-order valence-corrected chi connectivity index (χ1v) is 7.15. The summed E-state index contributed by atoms with van der Waals surface area (Å²) in [6, 6.07) is 0. The van der Waals surface area contributed by atoms with Gasteiger partial charge in [0.1, 0.15) is 6.61 Å². The molecular formula is C15H22O5. The average molecular weight is 282 g/mol. The second-order valence-corrected chi connectivity index (χ2v) is 5.86. The molecule has 6 unspecified atom stereocenters. The van der Waals surface area contributed by atoms with Crippen LogP contribution in [0, 0.1) is 23.7 Å². The predicted molar refractivity (Wildman–Crippen MR) is 71.1 cm³/mol. The van der Waals surface area contributed by atoms with E-state index in [0.717, 1.165) is 13.2 Å². The van der Waals surface area contributed by atoms with Crippen molar-refractivity contribution in [2.24, 2.45) is 23.7 Å². The summed E-state index contributed by atoms with van der Waals surface area (Å²) in [4.78, 5) is 10.8. The summed E-state index contributed by atoms with van der Waals surface area (Å²) in [5, 5.41) is 0. The van der Waals surface area contributed by atoms with Crippen LogP contribution in [0.5, 0.6) is 0 Å². The number of carbonyl (C=O) groups is 1. The Bertz CT molecular complexity index is 392. The standard InChI is InChI=1S/C15H22O5/c1-8(16)19-5-4-9-12-13(9)15-11(7-18-3)10(6-17-2)14(12)20-15/h4,10-15H,5-7H2,1-3H3. The van der Waals surface area contributed by atoms with Crippen molar-refractivity contribution in [3.63, 3.8) is 0 Å². The summed E-state index contributed by atoms with van der Waals surface area (Å²) < 4.78 is 21.8. The number of ether oxygens (including phenoxy) is 4. The summed E-state index contributed by atoms with van der Waals surface area (Å²) in [6.07, 6.45) is 2.54. The fourth-order valence-corrected chi connectivity index (χ4v) is 4.04. The lowest BCUT2D eigenvalue weighted by molar-refractivity contribution is -0.139. The van der Waals surface area contributed by atoms with Crippen molar-refractivity contribution in [2.75, 3.05) is 34.0 Å². The molecule has 0 aromatic heterocycles. The number of hydrogen-bond acceptors (Lipinski definition) is 5. The van der Waals surface area contributed by atoms with E-state index >= 15 is 0 Å². The van der Waals surface area contributed by atoms with Gasteiger partial charge in [-0.3, -0.25) is 4.79 Å². The van der Waals surface area contributed by atoms with Crippen LogP contribution in [-0.2, 0) is 23.7 Å². The fourth-order valence-electron chi connectivity index (χ4n) is 4.04. The van der Waals surface area contributed by atoms with E-state index in [-0.39, 0.29) is 18.2 Å². The van der Waals surface area contributed by atoms with Gasteiger partial charge in [-0.25, -0.2) is 0 Å². The van der Waals surface area contributed by atoms with Crippen molar-refractivity contribution in [1.82, 2.24) is 0 Å². The number of esters is 1. The largest absolute Gasteiger partial charge is 0.462 e. The van der Waals surface area contributed by atoms with Crippen LogP contribution in [0.3, 0.4) is 0 Å². The van der Waals surface area contributed by atoms with Gasteiger partial charge in [-0.05, 0) is 6.08 Å². The second-order valence-electron chi connectivity index (χ2n) is 5.86. The van der Waals surface area contributed by atoms with Crippen molar-refractivity contribution < 1.29 is 23.7 Å². The van der Waals surface area contributed by atoms with E-state index in [1.54, 1.807) is 14.2 Å². The quantitative estimate of drug-likeness (QED) is 0.538. The maximum absolute atomic E-state index is 10.8. The summed E-state index contributed by atoms with van der Waals surface area (Å²) >= 11 is 0. The Kier molecular flexibility index (Phi) is 3.84. The van der Waals surface area contributed by atoms with Crippen LogP contribution in [0.4, 0.5) is 0 Å². The topological polar surface area (TPSA) is 54.0 Å². The monoisotopic (exact) mass is 282 g/mol. The summed E-state index contributed by atoms with van der Waals surface area (Å²) in [5.41, 5.74) is 1.40. The van der Waals surface area contributed by atoms with Crippen molar-refractivity contribution in [3.05, 3.63) is 11.6 Å². The molecule has 2 heterocycles. The molecule has 2 aliphatic heterocycles. The predicted octanol–water partition coefficient (Wildman–Crippen LogP) is 1.03. The van der Waals surface area contributed by atoms with Gasteiger partial charge >= 0.3 is 5.97 Å². The zero-order valence-electron chi connectivity index (χ0n) is 12.2. The summed E-state index contributed by atoms with van der Waals surface area (Å²) in [5.74, 6) is 1.59. The van der Waals surface area contributed by atoms with E-state index in [2.05, 4.69) is 6.08 Å². The first-order chi connectivity index (χ1) is 9.69. The average Bonchev–Trinajstić information content (AvgIpc) is 2.84. The van der Waals surface area contributed by atoms with Crippen LogP contribution in [-0.4, -0.2) is 52.2 Å². The van der Waals surface area contributed by atoms with Gasteiger partial charge in [-0.15, -0.1) is 0 Å². The highest BCUT2D eigenvalue weighted by Gasteiger charge is 2.69. The minimum Gasteiger partial charge on any atom is -0.462 e. The minimum atomic E-state index is -0.235. The van der Waals surface area contributed by atoms with Gasteiger partial charge in [-0.1, -0.05) is 5.57 Å². The van der Waals surface area contributed by atoms with Gasteiger partial charge in [0.05, 0.1) is 25.4 Å². The van der Waals surface area contributed by atoms with Crippen LogP contribution in [0.1, 0.15) is 6.92 Å². The SMILES string of the molecule is COCC1C(COC)C2OC1C1C(=CCOC(C)=O)C21. The van der Waals surface area contributed by atoms with E-state index in [9.17, 15) is 4.79 Å². The molecule has 3 fully saturated rings. The van der Waals surface area contributed by atoms with Crippen molar-refractivity contribution in [2.45, 2.75) is 19.1 Å². The highest BCUT2D eigenvalue weighted by atomic mass is 16.5. The second kappa shape index (κ2) is 5.47. The maximum atomic E-state index is 10.8. The minimum absolute atomic E-state index is 0.235. The van der Waals surface area contributed by atoms with Crippen molar-refractivity contribution in [1.29, 1.82) is 0 Å². The number of methoxy groups -OCH3 is 2. The Morgan fingerprint density at radius 1 is 1.15 bits per heavy atom. The first kappa shape index (κ1) is 14.0. The van der Waals surface area contributed by atoms with Gasteiger partial charge in [0, 0.05) is 44.8 Å². The lowest BCUT2D eigenvalue weighted by Gasteiger charge is -2.25. The molecule has 0 aromatic rings. The molecule has 5 heteroatoms. The van der Waals surface area contributed by atoms with Gasteiger partial charge in [0.2, 0.25) is 0 Å².